The molecule has 1 atom stereocenters. The molecule has 7 nitrogen and oxygen atoms in total. The molecule has 0 amide bonds. The minimum atomic E-state index is -0.126. The van der Waals surface area contributed by atoms with Gasteiger partial charge in [0.2, 0.25) is 0 Å². The minimum Gasteiger partial charge on any atom is -0.497 e. The van der Waals surface area contributed by atoms with Gasteiger partial charge in [-0.15, -0.1) is 0 Å². The summed E-state index contributed by atoms with van der Waals surface area (Å²) in [6, 6.07) is 19.2. The number of hydrogen-bond acceptors (Lipinski definition) is 6. The van der Waals surface area contributed by atoms with Crippen molar-refractivity contribution in [1.29, 1.82) is 0 Å². The van der Waals surface area contributed by atoms with Crippen LogP contribution in [0.3, 0.4) is 0 Å². The lowest BCUT2D eigenvalue weighted by Crippen LogP contribution is -2.44. The number of benzene rings is 3. The highest BCUT2D eigenvalue weighted by Crippen LogP contribution is 2.39. The SMILES string of the molecule is COc1ccc(NC(=S)N2CCc3cc(OC)c(OC)cc3[C@H]2COc2ccc(OC)cc2)cc1. The summed E-state index contributed by atoms with van der Waals surface area (Å²) in [5.74, 6) is 3.72. The number of fused-ring (bicyclic) bond motifs is 1. The van der Waals surface area contributed by atoms with Crippen LogP contribution in [0.4, 0.5) is 5.69 Å². The maximum Gasteiger partial charge on any atom is 0.174 e. The van der Waals surface area contributed by atoms with Crippen LogP contribution in [0.1, 0.15) is 17.2 Å². The highest BCUT2D eigenvalue weighted by molar-refractivity contribution is 7.80. The summed E-state index contributed by atoms with van der Waals surface area (Å²) in [5, 5.41) is 3.99. The molecule has 1 aliphatic heterocycles. The Labute approximate surface area is 211 Å². The fourth-order valence-electron chi connectivity index (χ4n) is 4.17. The number of methoxy groups -OCH3 is 4. The van der Waals surface area contributed by atoms with E-state index >= 15 is 0 Å². The second kappa shape index (κ2) is 11.2. The second-order valence-electron chi connectivity index (χ2n) is 8.01. The molecule has 8 heteroatoms. The van der Waals surface area contributed by atoms with Crippen LogP contribution in [-0.4, -0.2) is 51.6 Å². The molecule has 0 fully saturated rings. The van der Waals surface area contributed by atoms with Crippen molar-refractivity contribution in [3.05, 3.63) is 71.8 Å². The smallest absolute Gasteiger partial charge is 0.174 e. The highest BCUT2D eigenvalue weighted by atomic mass is 32.1. The molecule has 4 rings (SSSR count). The molecule has 0 saturated heterocycles. The molecule has 0 aromatic heterocycles. The van der Waals surface area contributed by atoms with E-state index in [0.717, 1.165) is 41.5 Å². The Hall–Kier alpha value is -3.65. The summed E-state index contributed by atoms with van der Waals surface area (Å²) >= 11 is 5.85. The van der Waals surface area contributed by atoms with Crippen LogP contribution in [0.25, 0.3) is 0 Å². The van der Waals surface area contributed by atoms with Crippen LogP contribution >= 0.6 is 12.2 Å². The van der Waals surface area contributed by atoms with Gasteiger partial charge >= 0.3 is 0 Å². The van der Waals surface area contributed by atoms with Gasteiger partial charge in [-0.05, 0) is 90.4 Å². The monoisotopic (exact) mass is 494 g/mol. The highest BCUT2D eigenvalue weighted by Gasteiger charge is 2.31. The first-order valence-electron chi connectivity index (χ1n) is 11.3. The number of hydrogen-bond donors (Lipinski definition) is 1. The van der Waals surface area contributed by atoms with Crippen molar-refractivity contribution in [2.45, 2.75) is 12.5 Å². The summed E-state index contributed by atoms with van der Waals surface area (Å²) in [7, 11) is 6.58. The number of ether oxygens (including phenoxy) is 5. The van der Waals surface area contributed by atoms with E-state index in [-0.39, 0.29) is 6.04 Å². The third-order valence-corrected chi connectivity index (χ3v) is 6.41. The van der Waals surface area contributed by atoms with Crippen LogP contribution in [0.2, 0.25) is 0 Å². The van der Waals surface area contributed by atoms with Crippen molar-refractivity contribution >= 4 is 23.0 Å². The average molecular weight is 495 g/mol. The van der Waals surface area contributed by atoms with Gasteiger partial charge in [0.1, 0.15) is 23.9 Å². The van der Waals surface area contributed by atoms with Crippen molar-refractivity contribution in [1.82, 2.24) is 4.90 Å². The average Bonchev–Trinajstić information content (AvgIpc) is 2.91. The topological polar surface area (TPSA) is 61.4 Å². The van der Waals surface area contributed by atoms with Crippen LogP contribution in [0.15, 0.2) is 60.7 Å². The molecule has 3 aromatic carbocycles. The molecule has 0 bridgehead atoms. The first-order chi connectivity index (χ1) is 17.1. The number of rotatable bonds is 8. The van der Waals surface area contributed by atoms with Gasteiger partial charge in [-0.2, -0.15) is 0 Å². The van der Waals surface area contributed by atoms with Crippen molar-refractivity contribution in [2.24, 2.45) is 0 Å². The number of thiocarbonyl (C=S) groups is 1. The van der Waals surface area contributed by atoms with Crippen molar-refractivity contribution < 1.29 is 23.7 Å². The Morgan fingerprint density at radius 1 is 0.829 bits per heavy atom. The Bertz CT molecular complexity index is 1150. The zero-order valence-electron chi connectivity index (χ0n) is 20.4. The predicted octanol–water partition coefficient (Wildman–Crippen LogP) is 5.10. The van der Waals surface area contributed by atoms with Gasteiger partial charge in [-0.1, -0.05) is 0 Å². The van der Waals surface area contributed by atoms with Crippen molar-refractivity contribution in [3.63, 3.8) is 0 Å². The van der Waals surface area contributed by atoms with E-state index in [9.17, 15) is 0 Å². The molecular weight excluding hydrogens is 464 g/mol. The second-order valence-corrected chi connectivity index (χ2v) is 8.40. The van der Waals surface area contributed by atoms with Gasteiger partial charge in [0.05, 0.1) is 34.5 Å². The summed E-state index contributed by atoms with van der Waals surface area (Å²) in [5.41, 5.74) is 3.18. The van der Waals surface area contributed by atoms with Gasteiger partial charge in [0, 0.05) is 12.2 Å². The van der Waals surface area contributed by atoms with E-state index in [0.29, 0.717) is 23.2 Å². The molecule has 0 saturated carbocycles. The van der Waals surface area contributed by atoms with Gasteiger partial charge in [0.15, 0.2) is 16.6 Å². The van der Waals surface area contributed by atoms with Gasteiger partial charge in [-0.25, -0.2) is 0 Å². The summed E-state index contributed by atoms with van der Waals surface area (Å²) in [4.78, 5) is 2.16. The zero-order valence-corrected chi connectivity index (χ0v) is 21.2. The van der Waals surface area contributed by atoms with E-state index in [1.807, 2.05) is 60.7 Å². The maximum atomic E-state index is 6.22. The Morgan fingerprint density at radius 3 is 2.00 bits per heavy atom. The summed E-state index contributed by atoms with van der Waals surface area (Å²) < 4.78 is 27.9. The van der Waals surface area contributed by atoms with Gasteiger partial charge in [0.25, 0.3) is 0 Å². The van der Waals surface area contributed by atoms with Crippen LogP contribution in [-0.2, 0) is 6.42 Å². The van der Waals surface area contributed by atoms with Crippen LogP contribution < -0.4 is 29.0 Å². The molecule has 1 heterocycles. The fourth-order valence-corrected chi connectivity index (χ4v) is 4.50. The Balaban J connectivity index is 1.61. The molecule has 1 aliphatic rings. The Kier molecular flexibility index (Phi) is 7.82. The van der Waals surface area contributed by atoms with Crippen molar-refractivity contribution in [3.8, 4) is 28.7 Å². The summed E-state index contributed by atoms with van der Waals surface area (Å²) in [6.45, 7) is 1.14. The molecule has 3 aromatic rings. The van der Waals surface area contributed by atoms with Crippen LogP contribution in [0.5, 0.6) is 28.7 Å². The first-order valence-corrected chi connectivity index (χ1v) is 11.7. The standard InChI is InChI=1S/C27H30N2O5S/c1-30-20-7-5-19(6-8-20)28-27(35)29-14-13-18-15-25(32-3)26(33-4)16-23(18)24(29)17-34-22-11-9-21(31-2)10-12-22/h5-12,15-16,24H,13-14,17H2,1-4H3,(H,28,35)/t24-/m1/s1. The third kappa shape index (κ3) is 5.54. The quantitative estimate of drug-likeness (QED) is 0.434. The lowest BCUT2D eigenvalue weighted by atomic mass is 9.92. The van der Waals surface area contributed by atoms with Crippen molar-refractivity contribution in [2.75, 3.05) is 46.9 Å². The zero-order chi connectivity index (χ0) is 24.8. The van der Waals surface area contributed by atoms with E-state index in [1.165, 1.54) is 5.56 Å². The molecule has 35 heavy (non-hydrogen) atoms. The maximum absolute atomic E-state index is 6.22. The molecule has 0 radical (unpaired) electrons. The third-order valence-electron chi connectivity index (χ3n) is 6.07. The van der Waals surface area contributed by atoms with Gasteiger partial charge < -0.3 is 33.9 Å². The molecule has 0 unspecified atom stereocenters. The van der Waals surface area contributed by atoms with Crippen LogP contribution in [0, 0.1) is 0 Å². The molecule has 184 valence electrons. The normalized spacial score (nSPS) is 14.5. The van der Waals surface area contributed by atoms with Gasteiger partial charge in [-0.3, -0.25) is 0 Å². The fraction of sp³-hybridized carbons (Fsp3) is 0.296. The molecule has 1 N–H and O–H groups in total. The first kappa shape index (κ1) is 24.5. The summed E-state index contributed by atoms with van der Waals surface area (Å²) in [6.07, 6.45) is 0.819. The van der Waals surface area contributed by atoms with E-state index in [2.05, 4.69) is 10.2 Å². The lowest BCUT2D eigenvalue weighted by Gasteiger charge is -2.39. The van der Waals surface area contributed by atoms with E-state index in [1.54, 1.807) is 28.4 Å². The van der Waals surface area contributed by atoms with E-state index in [4.69, 9.17) is 35.9 Å². The molecular formula is C27H30N2O5S. The lowest BCUT2D eigenvalue weighted by molar-refractivity contribution is 0.190. The molecule has 0 spiro atoms. The minimum absolute atomic E-state index is 0.126. The molecule has 0 aliphatic carbocycles. The van der Waals surface area contributed by atoms with E-state index < -0.39 is 0 Å². The Morgan fingerprint density at radius 2 is 1.40 bits per heavy atom. The number of anilines is 1. The predicted molar refractivity (Wildman–Crippen MR) is 140 cm³/mol. The number of nitrogens with zero attached hydrogens (tertiary/aromatic N) is 1. The largest absolute Gasteiger partial charge is 0.497 e. The number of nitrogens with one attached hydrogen (secondary N) is 1.